The molecule has 0 aromatic carbocycles. The second-order valence-electron chi connectivity index (χ2n) is 6.94. The lowest BCUT2D eigenvalue weighted by Crippen LogP contribution is -2.24. The Bertz CT molecular complexity index is 212. The van der Waals surface area contributed by atoms with Gasteiger partial charge in [-0.25, -0.2) is 0 Å². The van der Waals surface area contributed by atoms with Gasteiger partial charge in [0.15, 0.2) is 0 Å². The van der Waals surface area contributed by atoms with Gasteiger partial charge in [0.05, 0.1) is 0 Å². The molecule has 0 N–H and O–H groups in total. The lowest BCUT2D eigenvalue weighted by atomic mass is 10.0. The Kier molecular flexibility index (Phi) is 4.93. The van der Waals surface area contributed by atoms with Gasteiger partial charge in [0, 0.05) is 0 Å². The smallest absolute Gasteiger partial charge is 0.0181 e. The average molecular weight is 254 g/mol. The minimum atomic E-state index is 0.331. The predicted molar refractivity (Wildman–Crippen MR) is 80.3 cm³/mol. The topological polar surface area (TPSA) is 0 Å². The largest absolute Gasteiger partial charge is 0.0966 e. The summed E-state index contributed by atoms with van der Waals surface area (Å²) in [5, 5.41) is 0. The summed E-state index contributed by atoms with van der Waals surface area (Å²) in [7, 11) is 0.331. The van der Waals surface area contributed by atoms with Gasteiger partial charge < -0.3 is 0 Å². The van der Waals surface area contributed by atoms with Crippen LogP contribution in [0.3, 0.4) is 0 Å². The molecule has 1 heteroatoms. The fourth-order valence-electron chi connectivity index (χ4n) is 4.16. The van der Waals surface area contributed by atoms with Crippen molar-refractivity contribution in [2.75, 3.05) is 0 Å². The van der Waals surface area contributed by atoms with Crippen LogP contribution in [0.25, 0.3) is 0 Å². The van der Waals surface area contributed by atoms with E-state index in [1.807, 2.05) is 0 Å². The highest BCUT2D eigenvalue weighted by Crippen LogP contribution is 2.65. The molecule has 1 heterocycles. The molecule has 0 radical (unpaired) electrons. The van der Waals surface area contributed by atoms with Gasteiger partial charge in [0.1, 0.15) is 0 Å². The van der Waals surface area contributed by atoms with Crippen molar-refractivity contribution in [1.29, 1.82) is 0 Å². The molecule has 0 aromatic rings. The van der Waals surface area contributed by atoms with Crippen LogP contribution in [0.4, 0.5) is 0 Å². The van der Waals surface area contributed by atoms with Crippen molar-refractivity contribution in [3.8, 4) is 0 Å². The summed E-state index contributed by atoms with van der Waals surface area (Å²) in [6.07, 6.45) is 10.8. The Morgan fingerprint density at radius 2 is 1.18 bits per heavy atom. The summed E-state index contributed by atoms with van der Waals surface area (Å²) in [5.41, 5.74) is 3.34. The molecule has 0 unspecified atom stereocenters. The normalized spacial score (nSPS) is 32.8. The molecule has 0 amide bonds. The Morgan fingerprint density at radius 3 is 1.59 bits per heavy atom. The first kappa shape index (κ1) is 13.9. The van der Waals surface area contributed by atoms with E-state index in [-0.39, 0.29) is 0 Å². The number of hydrogen-bond donors (Lipinski definition) is 0. The molecule has 2 rings (SSSR count). The van der Waals surface area contributed by atoms with Gasteiger partial charge in [-0.2, -0.15) is 0 Å². The Hall–Kier alpha value is 0.430. The molecule has 0 nitrogen and oxygen atoms in total. The third-order valence-electron chi connectivity index (χ3n) is 5.06. The minimum Gasteiger partial charge on any atom is -0.0966 e. The fraction of sp³-hybridized carbons (Fsp3) is 1.00. The molecular formula is C16H31P. The number of rotatable bonds is 3. The van der Waals surface area contributed by atoms with Gasteiger partial charge in [-0.3, -0.25) is 0 Å². The second-order valence-corrected chi connectivity index (χ2v) is 9.89. The molecular weight excluding hydrogens is 223 g/mol. The zero-order valence-corrected chi connectivity index (χ0v) is 13.2. The van der Waals surface area contributed by atoms with Crippen LogP contribution >= 0.6 is 7.92 Å². The lowest BCUT2D eigenvalue weighted by Gasteiger charge is -2.39. The summed E-state index contributed by atoms with van der Waals surface area (Å²) >= 11 is 0. The van der Waals surface area contributed by atoms with Crippen molar-refractivity contribution >= 4 is 7.92 Å². The molecule has 1 saturated heterocycles. The standard InChI is InChI=1S/C16H31P/c1-12(2)15-10-11-16(13(3)4)17(15)14-8-6-5-7-9-14/h12-16H,5-11H2,1-4H3/t15-,16-/m1/s1. The monoisotopic (exact) mass is 254 g/mol. The first-order valence-electron chi connectivity index (χ1n) is 7.88. The highest BCUT2D eigenvalue weighted by atomic mass is 31.1. The molecule has 100 valence electrons. The lowest BCUT2D eigenvalue weighted by molar-refractivity contribution is 0.500. The zero-order valence-electron chi connectivity index (χ0n) is 12.3. The molecule has 0 bridgehead atoms. The third kappa shape index (κ3) is 3.06. The average Bonchev–Trinajstić information content (AvgIpc) is 2.74. The molecule has 2 fully saturated rings. The van der Waals surface area contributed by atoms with E-state index >= 15 is 0 Å². The summed E-state index contributed by atoms with van der Waals surface area (Å²) in [6.45, 7) is 9.91. The van der Waals surface area contributed by atoms with Crippen LogP contribution in [-0.4, -0.2) is 17.0 Å². The summed E-state index contributed by atoms with van der Waals surface area (Å²) in [5.74, 6) is 1.87. The number of hydrogen-bond acceptors (Lipinski definition) is 0. The van der Waals surface area contributed by atoms with E-state index in [1.165, 1.54) is 19.3 Å². The highest BCUT2D eigenvalue weighted by Gasteiger charge is 2.42. The first-order chi connectivity index (χ1) is 8.11. The first-order valence-corrected chi connectivity index (χ1v) is 9.43. The molecule has 2 aliphatic rings. The van der Waals surface area contributed by atoms with E-state index in [1.54, 1.807) is 25.7 Å². The van der Waals surface area contributed by atoms with Gasteiger partial charge in [-0.1, -0.05) is 54.9 Å². The van der Waals surface area contributed by atoms with E-state index in [9.17, 15) is 0 Å². The Morgan fingerprint density at radius 1 is 0.706 bits per heavy atom. The maximum atomic E-state index is 2.48. The summed E-state index contributed by atoms with van der Waals surface area (Å²) in [6, 6.07) is 0. The zero-order chi connectivity index (χ0) is 12.4. The van der Waals surface area contributed by atoms with Crippen molar-refractivity contribution in [3.05, 3.63) is 0 Å². The quantitative estimate of drug-likeness (QED) is 0.571. The maximum absolute atomic E-state index is 2.48. The van der Waals surface area contributed by atoms with Gasteiger partial charge >= 0.3 is 0 Å². The molecule has 1 aliphatic carbocycles. The van der Waals surface area contributed by atoms with E-state index in [4.69, 9.17) is 0 Å². The van der Waals surface area contributed by atoms with Crippen LogP contribution < -0.4 is 0 Å². The van der Waals surface area contributed by atoms with Crippen LogP contribution in [0.2, 0.25) is 0 Å². The third-order valence-corrected chi connectivity index (χ3v) is 9.66. The highest BCUT2D eigenvalue weighted by molar-refractivity contribution is 7.60. The second kappa shape index (κ2) is 6.05. The van der Waals surface area contributed by atoms with Crippen molar-refractivity contribution in [2.45, 2.75) is 89.6 Å². The Balaban J connectivity index is 2.10. The van der Waals surface area contributed by atoms with Crippen molar-refractivity contribution < 1.29 is 0 Å². The van der Waals surface area contributed by atoms with E-state index in [0.29, 0.717) is 7.92 Å². The molecule has 17 heavy (non-hydrogen) atoms. The van der Waals surface area contributed by atoms with Gasteiger partial charge in [0.2, 0.25) is 0 Å². The summed E-state index contributed by atoms with van der Waals surface area (Å²) in [4.78, 5) is 0. The van der Waals surface area contributed by atoms with E-state index < -0.39 is 0 Å². The van der Waals surface area contributed by atoms with Crippen molar-refractivity contribution in [3.63, 3.8) is 0 Å². The molecule has 1 saturated carbocycles. The molecule has 2 atom stereocenters. The SMILES string of the molecule is CC(C)[C@H]1CC[C@H](C(C)C)P1C1CCCCC1. The van der Waals surface area contributed by atoms with Gasteiger partial charge in [-0.05, 0) is 54.5 Å². The van der Waals surface area contributed by atoms with Crippen LogP contribution in [0.15, 0.2) is 0 Å². The van der Waals surface area contributed by atoms with E-state index in [2.05, 4.69) is 27.7 Å². The Labute approximate surface area is 110 Å². The van der Waals surface area contributed by atoms with Crippen LogP contribution in [0, 0.1) is 11.8 Å². The molecule has 0 aromatic heterocycles. The fourth-order valence-corrected chi connectivity index (χ4v) is 8.97. The van der Waals surface area contributed by atoms with Crippen molar-refractivity contribution in [2.24, 2.45) is 11.8 Å². The molecule has 1 aliphatic heterocycles. The van der Waals surface area contributed by atoms with E-state index in [0.717, 1.165) is 28.8 Å². The van der Waals surface area contributed by atoms with Gasteiger partial charge in [-0.15, -0.1) is 0 Å². The summed E-state index contributed by atoms with van der Waals surface area (Å²) < 4.78 is 0. The minimum absolute atomic E-state index is 0.331. The van der Waals surface area contributed by atoms with Gasteiger partial charge in [0.25, 0.3) is 0 Å². The van der Waals surface area contributed by atoms with Crippen LogP contribution in [0.5, 0.6) is 0 Å². The molecule has 0 spiro atoms. The predicted octanol–water partition coefficient (Wildman–Crippen LogP) is 5.64. The maximum Gasteiger partial charge on any atom is -0.0181 e. The van der Waals surface area contributed by atoms with Crippen molar-refractivity contribution in [1.82, 2.24) is 0 Å². The van der Waals surface area contributed by atoms with Crippen LogP contribution in [-0.2, 0) is 0 Å². The van der Waals surface area contributed by atoms with Crippen LogP contribution in [0.1, 0.15) is 72.6 Å².